The van der Waals surface area contributed by atoms with Crippen LogP contribution < -0.4 is 0 Å². The van der Waals surface area contributed by atoms with Crippen molar-refractivity contribution in [2.75, 3.05) is 0 Å². The van der Waals surface area contributed by atoms with Gasteiger partial charge in [-0.05, 0) is 18.2 Å². The Labute approximate surface area is 86.9 Å². The highest BCUT2D eigenvalue weighted by Crippen LogP contribution is 2.37. The van der Waals surface area contributed by atoms with Gasteiger partial charge in [-0.15, -0.1) is 11.3 Å². The second-order valence-electron chi connectivity index (χ2n) is 2.72. The lowest BCUT2D eigenvalue weighted by Gasteiger charge is -1.92. The van der Waals surface area contributed by atoms with Crippen molar-refractivity contribution in [1.29, 1.82) is 0 Å². The van der Waals surface area contributed by atoms with Crippen molar-refractivity contribution in [2.45, 2.75) is 6.43 Å². The van der Waals surface area contributed by atoms with E-state index in [1.165, 1.54) is 12.1 Å². The zero-order valence-corrected chi connectivity index (χ0v) is 8.30. The summed E-state index contributed by atoms with van der Waals surface area (Å²) in [5.41, 5.74) is 0. The van der Waals surface area contributed by atoms with Crippen LogP contribution in [0.25, 0.3) is 10.1 Å². The molecule has 0 aliphatic rings. The van der Waals surface area contributed by atoms with Crippen molar-refractivity contribution in [2.24, 2.45) is 0 Å². The minimum Gasteiger partial charge on any atom is -0.205 e. The van der Waals surface area contributed by atoms with E-state index in [0.717, 1.165) is 11.3 Å². The molecule has 0 saturated heterocycles. The van der Waals surface area contributed by atoms with Crippen molar-refractivity contribution >= 4 is 33.0 Å². The molecule has 0 radical (unpaired) electrons. The van der Waals surface area contributed by atoms with Crippen molar-refractivity contribution in [1.82, 2.24) is 0 Å². The van der Waals surface area contributed by atoms with Gasteiger partial charge in [0.25, 0.3) is 6.43 Å². The average molecular weight is 237 g/mol. The fraction of sp³-hybridized carbons (Fsp3) is 0.111. The highest BCUT2D eigenvalue weighted by atomic mass is 35.5. The monoisotopic (exact) mass is 236 g/mol. The predicted molar refractivity (Wildman–Crippen MR) is 51.8 cm³/mol. The minimum absolute atomic E-state index is 0.165. The van der Waals surface area contributed by atoms with Crippen LogP contribution in [0, 0.1) is 5.82 Å². The third-order valence-corrected chi connectivity index (χ3v) is 3.20. The zero-order valence-electron chi connectivity index (χ0n) is 6.73. The largest absolute Gasteiger partial charge is 0.275 e. The van der Waals surface area contributed by atoms with Gasteiger partial charge in [0, 0.05) is 15.1 Å². The molecule has 2 aromatic rings. The van der Waals surface area contributed by atoms with E-state index in [9.17, 15) is 13.2 Å². The molecule has 0 atom stereocenters. The first kappa shape index (κ1) is 9.80. The van der Waals surface area contributed by atoms with Crippen LogP contribution in [-0.2, 0) is 0 Å². The number of rotatable bonds is 1. The maximum atomic E-state index is 13.3. The summed E-state index contributed by atoms with van der Waals surface area (Å²) in [5.74, 6) is -0.859. The van der Waals surface area contributed by atoms with E-state index in [0.29, 0.717) is 9.72 Å². The number of benzene rings is 1. The molecule has 0 bridgehead atoms. The van der Waals surface area contributed by atoms with Crippen LogP contribution in [0.5, 0.6) is 0 Å². The molecule has 5 heteroatoms. The molecule has 14 heavy (non-hydrogen) atoms. The van der Waals surface area contributed by atoms with Gasteiger partial charge in [-0.3, -0.25) is 0 Å². The topological polar surface area (TPSA) is 0 Å². The number of fused-ring (bicyclic) bond motifs is 1. The molecule has 0 unspecified atom stereocenters. The Morgan fingerprint density at radius 2 is 2.00 bits per heavy atom. The summed E-state index contributed by atoms with van der Waals surface area (Å²) in [6, 6.07) is 4.45. The molecular weight excluding hydrogens is 233 g/mol. The van der Waals surface area contributed by atoms with Gasteiger partial charge < -0.3 is 0 Å². The van der Waals surface area contributed by atoms with Gasteiger partial charge in [0.1, 0.15) is 4.88 Å². The molecule has 0 spiro atoms. The third-order valence-electron chi connectivity index (χ3n) is 1.81. The Hall–Kier alpha value is -0.740. The smallest absolute Gasteiger partial charge is 0.205 e. The Morgan fingerprint density at radius 1 is 1.29 bits per heavy atom. The average Bonchev–Trinajstić information content (AvgIpc) is 2.44. The summed E-state index contributed by atoms with van der Waals surface area (Å²) in [4.78, 5) is -0.526. The first-order chi connectivity index (χ1) is 6.59. The second kappa shape index (κ2) is 3.44. The first-order valence-corrected chi connectivity index (χ1v) is 4.94. The molecule has 0 saturated carbocycles. The van der Waals surface area contributed by atoms with Crippen LogP contribution >= 0.6 is 22.9 Å². The standard InChI is InChI=1S/C9H4ClF3S/c10-4-1-2-6-5(3-4)7(11)8(14-6)9(12)13/h1-3,9H. The van der Waals surface area contributed by atoms with Crippen LogP contribution in [0.2, 0.25) is 5.02 Å². The van der Waals surface area contributed by atoms with E-state index in [2.05, 4.69) is 0 Å². The molecular formula is C9H4ClF3S. The summed E-state index contributed by atoms with van der Waals surface area (Å²) in [5, 5.41) is 0.507. The van der Waals surface area contributed by atoms with Gasteiger partial charge in [-0.25, -0.2) is 13.2 Å². The van der Waals surface area contributed by atoms with Crippen LogP contribution in [0.15, 0.2) is 18.2 Å². The van der Waals surface area contributed by atoms with Crippen molar-refractivity contribution < 1.29 is 13.2 Å². The molecule has 0 aliphatic carbocycles. The highest BCUT2D eigenvalue weighted by Gasteiger charge is 2.19. The van der Waals surface area contributed by atoms with E-state index >= 15 is 0 Å². The predicted octanol–water partition coefficient (Wildman–Crippen LogP) is 4.63. The summed E-state index contributed by atoms with van der Waals surface area (Å²) in [6.07, 6.45) is -2.77. The first-order valence-electron chi connectivity index (χ1n) is 3.75. The van der Waals surface area contributed by atoms with E-state index in [-0.39, 0.29) is 5.39 Å². The Balaban J connectivity index is 2.74. The van der Waals surface area contributed by atoms with Gasteiger partial charge in [-0.1, -0.05) is 11.6 Å². The van der Waals surface area contributed by atoms with Crippen LogP contribution in [0.4, 0.5) is 13.2 Å². The minimum atomic E-state index is -2.77. The zero-order chi connectivity index (χ0) is 10.3. The second-order valence-corrected chi connectivity index (χ2v) is 4.24. The molecule has 74 valence electrons. The lowest BCUT2D eigenvalue weighted by Crippen LogP contribution is -1.81. The molecule has 0 N–H and O–H groups in total. The van der Waals surface area contributed by atoms with E-state index in [1.54, 1.807) is 6.07 Å². The number of alkyl halides is 2. The third kappa shape index (κ3) is 1.48. The fourth-order valence-electron chi connectivity index (χ4n) is 1.20. The summed E-state index contributed by atoms with van der Waals surface area (Å²) in [7, 11) is 0. The SMILES string of the molecule is Fc1c(C(F)F)sc2ccc(Cl)cc12. The van der Waals surface area contributed by atoms with Crippen LogP contribution in [0.1, 0.15) is 11.3 Å². The van der Waals surface area contributed by atoms with Gasteiger partial charge >= 0.3 is 0 Å². The summed E-state index contributed by atoms with van der Waals surface area (Å²) < 4.78 is 38.4. The van der Waals surface area contributed by atoms with Crippen molar-refractivity contribution in [3.63, 3.8) is 0 Å². The van der Waals surface area contributed by atoms with Gasteiger partial charge in [0.05, 0.1) is 0 Å². The normalized spacial score (nSPS) is 11.5. The van der Waals surface area contributed by atoms with Crippen LogP contribution in [0.3, 0.4) is 0 Å². The number of thiophene rings is 1. The maximum Gasteiger partial charge on any atom is 0.275 e. The molecule has 0 nitrogen and oxygen atoms in total. The van der Waals surface area contributed by atoms with E-state index in [4.69, 9.17) is 11.6 Å². The highest BCUT2D eigenvalue weighted by molar-refractivity contribution is 7.19. The van der Waals surface area contributed by atoms with Crippen molar-refractivity contribution in [3.8, 4) is 0 Å². The maximum absolute atomic E-state index is 13.3. The van der Waals surface area contributed by atoms with E-state index < -0.39 is 17.1 Å². The van der Waals surface area contributed by atoms with E-state index in [1.807, 2.05) is 0 Å². The fourth-order valence-corrected chi connectivity index (χ4v) is 2.29. The lowest BCUT2D eigenvalue weighted by atomic mass is 10.2. The summed E-state index contributed by atoms with van der Waals surface area (Å²) in [6.45, 7) is 0. The van der Waals surface area contributed by atoms with Gasteiger partial charge in [-0.2, -0.15) is 0 Å². The number of halogens is 4. The quantitative estimate of drug-likeness (QED) is 0.677. The van der Waals surface area contributed by atoms with Gasteiger partial charge in [0.15, 0.2) is 5.82 Å². The van der Waals surface area contributed by atoms with Crippen molar-refractivity contribution in [3.05, 3.63) is 33.9 Å². The molecule has 0 fully saturated rings. The molecule has 0 amide bonds. The Kier molecular flexibility index (Phi) is 2.41. The number of hydrogen-bond donors (Lipinski definition) is 0. The number of hydrogen-bond acceptors (Lipinski definition) is 1. The Morgan fingerprint density at radius 3 is 2.64 bits per heavy atom. The van der Waals surface area contributed by atoms with Crippen LogP contribution in [-0.4, -0.2) is 0 Å². The lowest BCUT2D eigenvalue weighted by molar-refractivity contribution is 0.151. The molecule has 1 aromatic carbocycles. The van der Waals surface area contributed by atoms with Gasteiger partial charge in [0.2, 0.25) is 0 Å². The molecule has 1 aromatic heterocycles. The molecule has 1 heterocycles. The molecule has 0 aliphatic heterocycles. The summed E-state index contributed by atoms with van der Waals surface area (Å²) >= 11 is 6.39. The molecule has 2 rings (SSSR count). The Bertz CT molecular complexity index is 478.